The second kappa shape index (κ2) is 8.17. The molecule has 152 valence electrons. The van der Waals surface area contributed by atoms with E-state index in [2.05, 4.69) is 20.4 Å². The Morgan fingerprint density at radius 2 is 2.07 bits per heavy atom. The van der Waals surface area contributed by atoms with Crippen LogP contribution in [0.3, 0.4) is 0 Å². The molecule has 4 aromatic rings. The number of amides is 1. The molecule has 0 saturated heterocycles. The third-order valence-corrected chi connectivity index (χ3v) is 4.79. The summed E-state index contributed by atoms with van der Waals surface area (Å²) in [5.74, 6) is 0.448. The highest BCUT2D eigenvalue weighted by Crippen LogP contribution is 2.26. The fourth-order valence-electron chi connectivity index (χ4n) is 2.81. The summed E-state index contributed by atoms with van der Waals surface area (Å²) in [4.78, 5) is 31.9. The molecule has 3 aromatic heterocycles. The average molecular weight is 444 g/mol. The number of halogens is 2. The van der Waals surface area contributed by atoms with Gasteiger partial charge in [0.2, 0.25) is 5.95 Å². The molecular formula is C20H15Cl2N5O3. The topological polar surface area (TPSA) is 106 Å². The maximum absolute atomic E-state index is 12.8. The smallest absolute Gasteiger partial charge is 0.258 e. The van der Waals surface area contributed by atoms with E-state index in [0.29, 0.717) is 28.6 Å². The quantitative estimate of drug-likeness (QED) is 0.477. The largest absolute Gasteiger partial charge is 0.463 e. The van der Waals surface area contributed by atoms with Gasteiger partial charge in [0.05, 0.1) is 16.8 Å². The highest BCUT2D eigenvalue weighted by Gasteiger charge is 2.19. The molecule has 0 saturated carbocycles. The standard InChI is InChI=1S/C20H15Cl2N5O3/c1-2-12-9-18(28)25-20(23-12)27-17(10-15(26-27)16-4-3-7-30-16)24-19(29)13-6-5-11(21)8-14(13)22/h3-10H,2H2,1H3,(H,24,29)(H,23,25,28). The fourth-order valence-corrected chi connectivity index (χ4v) is 3.30. The number of furan rings is 1. The predicted octanol–water partition coefficient (Wildman–Crippen LogP) is 4.34. The van der Waals surface area contributed by atoms with Crippen LogP contribution < -0.4 is 10.9 Å². The van der Waals surface area contributed by atoms with Crippen molar-refractivity contribution >= 4 is 34.9 Å². The number of carbonyl (C=O) groups excluding carboxylic acids is 1. The van der Waals surface area contributed by atoms with Crippen molar-refractivity contribution in [2.75, 3.05) is 5.32 Å². The molecule has 0 unspecified atom stereocenters. The van der Waals surface area contributed by atoms with Gasteiger partial charge in [-0.25, -0.2) is 4.98 Å². The number of hydrogen-bond acceptors (Lipinski definition) is 5. The zero-order valence-corrected chi connectivity index (χ0v) is 17.2. The number of carbonyl (C=O) groups is 1. The number of aromatic nitrogens is 4. The van der Waals surface area contributed by atoms with Crippen LogP contribution in [-0.4, -0.2) is 25.7 Å². The lowest BCUT2D eigenvalue weighted by molar-refractivity contribution is 0.102. The number of nitrogens with one attached hydrogen (secondary N) is 2. The van der Waals surface area contributed by atoms with Crippen molar-refractivity contribution in [3.8, 4) is 17.4 Å². The first-order valence-corrected chi connectivity index (χ1v) is 9.71. The summed E-state index contributed by atoms with van der Waals surface area (Å²) in [6.45, 7) is 1.88. The van der Waals surface area contributed by atoms with Gasteiger partial charge in [0.15, 0.2) is 5.76 Å². The third kappa shape index (κ3) is 4.00. The van der Waals surface area contributed by atoms with E-state index in [1.807, 2.05) is 6.92 Å². The van der Waals surface area contributed by atoms with Gasteiger partial charge in [0.1, 0.15) is 11.5 Å². The Kier molecular flexibility index (Phi) is 5.43. The Balaban J connectivity index is 1.79. The van der Waals surface area contributed by atoms with E-state index < -0.39 is 5.91 Å². The van der Waals surface area contributed by atoms with E-state index in [-0.39, 0.29) is 27.9 Å². The molecule has 3 heterocycles. The van der Waals surface area contributed by atoms with Crippen LogP contribution in [-0.2, 0) is 6.42 Å². The number of aromatic amines is 1. The van der Waals surface area contributed by atoms with Gasteiger partial charge in [0.25, 0.3) is 11.5 Å². The van der Waals surface area contributed by atoms with Gasteiger partial charge in [-0.3, -0.25) is 14.6 Å². The van der Waals surface area contributed by atoms with Crippen LogP contribution in [0, 0.1) is 0 Å². The molecule has 0 atom stereocenters. The van der Waals surface area contributed by atoms with E-state index in [0.717, 1.165) is 0 Å². The lowest BCUT2D eigenvalue weighted by Crippen LogP contribution is -2.19. The van der Waals surface area contributed by atoms with Crippen molar-refractivity contribution in [2.45, 2.75) is 13.3 Å². The third-order valence-electron chi connectivity index (χ3n) is 4.25. The van der Waals surface area contributed by atoms with Gasteiger partial charge in [0, 0.05) is 22.8 Å². The predicted molar refractivity (Wildman–Crippen MR) is 113 cm³/mol. The van der Waals surface area contributed by atoms with Crippen LogP contribution in [0.5, 0.6) is 0 Å². The number of rotatable bonds is 5. The van der Waals surface area contributed by atoms with Gasteiger partial charge in [-0.15, -0.1) is 0 Å². The highest BCUT2D eigenvalue weighted by molar-refractivity contribution is 6.37. The Hall–Kier alpha value is -3.36. The molecule has 0 aliphatic heterocycles. The Bertz CT molecular complexity index is 1280. The van der Waals surface area contributed by atoms with Gasteiger partial charge < -0.3 is 9.73 Å². The van der Waals surface area contributed by atoms with Crippen LogP contribution in [0.25, 0.3) is 17.4 Å². The summed E-state index contributed by atoms with van der Waals surface area (Å²) in [5.41, 5.74) is 0.936. The number of aryl methyl sites for hydroxylation is 1. The molecule has 0 aliphatic carbocycles. The van der Waals surface area contributed by atoms with Crippen molar-refractivity contribution in [2.24, 2.45) is 0 Å². The molecule has 1 amide bonds. The van der Waals surface area contributed by atoms with Crippen LogP contribution in [0.15, 0.2) is 57.9 Å². The molecule has 0 bridgehead atoms. The molecule has 8 nitrogen and oxygen atoms in total. The summed E-state index contributed by atoms with van der Waals surface area (Å²) in [5, 5.41) is 7.82. The molecule has 4 rings (SSSR count). The zero-order chi connectivity index (χ0) is 21.3. The van der Waals surface area contributed by atoms with Gasteiger partial charge in [-0.05, 0) is 36.8 Å². The summed E-state index contributed by atoms with van der Waals surface area (Å²) in [7, 11) is 0. The minimum atomic E-state index is -0.474. The van der Waals surface area contributed by atoms with E-state index in [1.54, 1.807) is 24.3 Å². The van der Waals surface area contributed by atoms with Crippen molar-refractivity contribution in [3.05, 3.63) is 80.4 Å². The SMILES string of the molecule is CCc1cc(=O)[nH]c(-n2nc(-c3ccco3)cc2NC(=O)c2ccc(Cl)cc2Cl)n1. The van der Waals surface area contributed by atoms with E-state index in [4.69, 9.17) is 27.6 Å². The first-order chi connectivity index (χ1) is 14.4. The van der Waals surface area contributed by atoms with Gasteiger partial charge in [-0.2, -0.15) is 9.78 Å². The van der Waals surface area contributed by atoms with Crippen LogP contribution in [0.1, 0.15) is 23.0 Å². The van der Waals surface area contributed by atoms with Crippen molar-refractivity contribution in [1.82, 2.24) is 19.7 Å². The molecule has 1 aromatic carbocycles. The zero-order valence-electron chi connectivity index (χ0n) is 15.6. The number of anilines is 1. The molecule has 0 spiro atoms. The van der Waals surface area contributed by atoms with Crippen molar-refractivity contribution in [1.29, 1.82) is 0 Å². The minimum Gasteiger partial charge on any atom is -0.463 e. The molecule has 0 radical (unpaired) electrons. The van der Waals surface area contributed by atoms with Gasteiger partial charge >= 0.3 is 0 Å². The normalized spacial score (nSPS) is 10.9. The number of hydrogen-bond donors (Lipinski definition) is 2. The lowest BCUT2D eigenvalue weighted by atomic mass is 10.2. The second-order valence-corrected chi connectivity index (χ2v) is 7.14. The maximum atomic E-state index is 12.8. The number of benzene rings is 1. The number of nitrogens with zero attached hydrogens (tertiary/aromatic N) is 3. The monoisotopic (exact) mass is 443 g/mol. The Morgan fingerprint density at radius 1 is 1.23 bits per heavy atom. The van der Waals surface area contributed by atoms with Crippen LogP contribution in [0.2, 0.25) is 10.0 Å². The summed E-state index contributed by atoms with van der Waals surface area (Å²) in [6, 6.07) is 11.0. The Morgan fingerprint density at radius 3 is 2.77 bits per heavy atom. The summed E-state index contributed by atoms with van der Waals surface area (Å²) < 4.78 is 6.73. The fraction of sp³-hybridized carbons (Fsp3) is 0.100. The molecule has 2 N–H and O–H groups in total. The van der Waals surface area contributed by atoms with Crippen molar-refractivity contribution in [3.63, 3.8) is 0 Å². The Labute approximate surface area is 180 Å². The molecule has 10 heteroatoms. The van der Waals surface area contributed by atoms with Crippen molar-refractivity contribution < 1.29 is 9.21 Å². The maximum Gasteiger partial charge on any atom is 0.258 e. The van der Waals surface area contributed by atoms with E-state index in [1.165, 1.54) is 29.1 Å². The molecular weight excluding hydrogens is 429 g/mol. The minimum absolute atomic E-state index is 0.162. The summed E-state index contributed by atoms with van der Waals surface area (Å²) in [6.07, 6.45) is 2.07. The van der Waals surface area contributed by atoms with Crippen LogP contribution in [0.4, 0.5) is 5.82 Å². The van der Waals surface area contributed by atoms with Gasteiger partial charge in [-0.1, -0.05) is 30.1 Å². The molecule has 0 aliphatic rings. The molecule has 30 heavy (non-hydrogen) atoms. The lowest BCUT2D eigenvalue weighted by Gasteiger charge is -2.09. The number of H-pyrrole nitrogens is 1. The second-order valence-electron chi connectivity index (χ2n) is 6.30. The van der Waals surface area contributed by atoms with Crippen LogP contribution >= 0.6 is 23.2 Å². The van der Waals surface area contributed by atoms with E-state index in [9.17, 15) is 9.59 Å². The van der Waals surface area contributed by atoms with E-state index >= 15 is 0 Å². The molecule has 0 fully saturated rings. The highest BCUT2D eigenvalue weighted by atomic mass is 35.5. The average Bonchev–Trinajstić information content (AvgIpc) is 3.37. The first kappa shape index (κ1) is 19.9. The first-order valence-electron chi connectivity index (χ1n) is 8.95. The summed E-state index contributed by atoms with van der Waals surface area (Å²) >= 11 is 12.1.